The van der Waals surface area contributed by atoms with E-state index in [4.69, 9.17) is 9.47 Å². The van der Waals surface area contributed by atoms with Gasteiger partial charge >= 0.3 is 0 Å². The van der Waals surface area contributed by atoms with E-state index < -0.39 is 0 Å². The smallest absolute Gasteiger partial charge is 0.158 e. The van der Waals surface area contributed by atoms with Gasteiger partial charge in [-0.25, -0.2) is 0 Å². The Morgan fingerprint density at radius 1 is 1.30 bits per heavy atom. The molecule has 0 aromatic heterocycles. The molecule has 2 saturated heterocycles. The van der Waals surface area contributed by atoms with E-state index in [-0.39, 0.29) is 11.9 Å². The minimum absolute atomic E-state index is 0.0266. The number of rotatable bonds is 0. The minimum Gasteiger partial charge on any atom is -0.346 e. The molecule has 2 rings (SSSR count). The van der Waals surface area contributed by atoms with Gasteiger partial charge in [0, 0.05) is 0 Å². The molecule has 0 N–H and O–H groups in total. The van der Waals surface area contributed by atoms with Crippen LogP contribution < -0.4 is 0 Å². The number of fused-ring (bicyclic) bond motifs is 2. The van der Waals surface area contributed by atoms with E-state index in [1.165, 1.54) is 12.8 Å². The Labute approximate surface area is 61.5 Å². The van der Waals surface area contributed by atoms with Crippen molar-refractivity contribution in [3.63, 3.8) is 0 Å². The average Bonchev–Trinajstić information content (AvgIpc) is 2.04. The van der Waals surface area contributed by atoms with Gasteiger partial charge in [-0.15, -0.1) is 0 Å². The van der Waals surface area contributed by atoms with Crippen LogP contribution in [0.1, 0.15) is 33.1 Å². The zero-order valence-electron chi connectivity index (χ0n) is 6.59. The fourth-order valence-corrected chi connectivity index (χ4v) is 1.80. The lowest BCUT2D eigenvalue weighted by Crippen LogP contribution is -2.32. The summed E-state index contributed by atoms with van der Waals surface area (Å²) >= 11 is 0. The fraction of sp³-hybridized carbons (Fsp3) is 1.00. The molecular formula is C8H14O2. The summed E-state index contributed by atoms with van der Waals surface area (Å²) in [6.45, 7) is 4.23. The maximum Gasteiger partial charge on any atom is 0.158 e. The highest BCUT2D eigenvalue weighted by molar-refractivity contribution is 4.89. The lowest BCUT2D eigenvalue weighted by molar-refractivity contribution is -0.0948. The van der Waals surface area contributed by atoms with Crippen LogP contribution >= 0.6 is 0 Å². The van der Waals surface area contributed by atoms with Crippen LogP contribution in [-0.4, -0.2) is 18.0 Å². The predicted octanol–water partition coefficient (Wildman–Crippen LogP) is 1.69. The van der Waals surface area contributed by atoms with Gasteiger partial charge in [0.1, 0.15) is 0 Å². The van der Waals surface area contributed by atoms with Crippen LogP contribution in [0.4, 0.5) is 0 Å². The number of hydrogen-bond donors (Lipinski definition) is 0. The third-order valence-electron chi connectivity index (χ3n) is 2.43. The van der Waals surface area contributed by atoms with E-state index in [0.29, 0.717) is 6.10 Å². The second-order valence-corrected chi connectivity index (χ2v) is 3.71. The van der Waals surface area contributed by atoms with E-state index >= 15 is 0 Å². The van der Waals surface area contributed by atoms with E-state index in [1.54, 1.807) is 0 Å². The first-order chi connectivity index (χ1) is 4.68. The molecular weight excluding hydrogens is 128 g/mol. The lowest BCUT2D eigenvalue weighted by Gasteiger charge is -2.22. The first-order valence-corrected chi connectivity index (χ1v) is 4.02. The second kappa shape index (κ2) is 1.95. The molecule has 0 spiro atoms. The quantitative estimate of drug-likeness (QED) is 0.512. The van der Waals surface area contributed by atoms with Gasteiger partial charge in [-0.2, -0.15) is 0 Å². The Bertz CT molecular complexity index is 142. The van der Waals surface area contributed by atoms with Crippen molar-refractivity contribution in [1.29, 1.82) is 0 Å². The lowest BCUT2D eigenvalue weighted by atomic mass is 9.97. The monoisotopic (exact) mass is 142 g/mol. The molecule has 0 radical (unpaired) electrons. The van der Waals surface area contributed by atoms with Crippen molar-refractivity contribution in [2.75, 3.05) is 0 Å². The van der Waals surface area contributed by atoms with Gasteiger partial charge in [-0.1, -0.05) is 0 Å². The third kappa shape index (κ3) is 0.867. The first-order valence-electron chi connectivity index (χ1n) is 4.02. The van der Waals surface area contributed by atoms with Crippen LogP contribution in [0.2, 0.25) is 0 Å². The molecule has 2 heteroatoms. The van der Waals surface area contributed by atoms with Gasteiger partial charge in [0.2, 0.25) is 0 Å². The molecule has 2 heterocycles. The van der Waals surface area contributed by atoms with Crippen molar-refractivity contribution in [3.05, 3.63) is 0 Å². The van der Waals surface area contributed by atoms with Gasteiger partial charge in [-0.3, -0.25) is 0 Å². The third-order valence-corrected chi connectivity index (χ3v) is 2.43. The maximum atomic E-state index is 5.65. The zero-order valence-corrected chi connectivity index (χ0v) is 6.59. The Morgan fingerprint density at radius 3 is 2.70 bits per heavy atom. The largest absolute Gasteiger partial charge is 0.346 e. The summed E-state index contributed by atoms with van der Waals surface area (Å²) in [5.41, 5.74) is -0.0266. The molecule has 0 aromatic rings. The van der Waals surface area contributed by atoms with Crippen LogP contribution in [0.15, 0.2) is 0 Å². The average molecular weight is 142 g/mol. The van der Waals surface area contributed by atoms with Crippen LogP contribution in [0, 0.1) is 0 Å². The van der Waals surface area contributed by atoms with Gasteiger partial charge < -0.3 is 9.47 Å². The van der Waals surface area contributed by atoms with Crippen LogP contribution in [-0.2, 0) is 9.47 Å². The van der Waals surface area contributed by atoms with Crippen LogP contribution in [0.3, 0.4) is 0 Å². The van der Waals surface area contributed by atoms with Gasteiger partial charge in [0.05, 0.1) is 11.7 Å². The molecule has 2 unspecified atom stereocenters. The maximum absolute atomic E-state index is 5.65. The summed E-state index contributed by atoms with van der Waals surface area (Å²) in [5, 5.41) is 0. The summed E-state index contributed by atoms with van der Waals surface area (Å²) in [4.78, 5) is 0. The van der Waals surface area contributed by atoms with Crippen molar-refractivity contribution in [2.24, 2.45) is 0 Å². The highest BCUT2D eigenvalue weighted by atomic mass is 16.7. The standard InChI is InChI=1S/C8H14O2/c1-8(2)6-4-3-5-7(9-6)10-8/h6-7H,3-5H2,1-2H3. The van der Waals surface area contributed by atoms with E-state index in [1.807, 2.05) is 0 Å². The van der Waals surface area contributed by atoms with E-state index in [9.17, 15) is 0 Å². The summed E-state index contributed by atoms with van der Waals surface area (Å²) < 4.78 is 11.2. The molecule has 2 nitrogen and oxygen atoms in total. The van der Waals surface area contributed by atoms with Gasteiger partial charge in [0.15, 0.2) is 6.29 Å². The molecule has 2 fully saturated rings. The fourth-order valence-electron chi connectivity index (χ4n) is 1.80. The molecule has 2 aliphatic rings. The summed E-state index contributed by atoms with van der Waals surface area (Å²) in [7, 11) is 0. The first kappa shape index (κ1) is 6.62. The molecule has 0 aliphatic carbocycles. The molecule has 58 valence electrons. The molecule has 0 saturated carbocycles. The van der Waals surface area contributed by atoms with Crippen molar-refractivity contribution < 1.29 is 9.47 Å². The van der Waals surface area contributed by atoms with Gasteiger partial charge in [-0.05, 0) is 33.1 Å². The van der Waals surface area contributed by atoms with Crippen molar-refractivity contribution >= 4 is 0 Å². The molecule has 0 aromatic carbocycles. The second-order valence-electron chi connectivity index (χ2n) is 3.71. The van der Waals surface area contributed by atoms with Crippen LogP contribution in [0.5, 0.6) is 0 Å². The predicted molar refractivity (Wildman–Crippen MR) is 37.7 cm³/mol. The molecule has 2 bridgehead atoms. The minimum atomic E-state index is -0.0266. The number of ether oxygens (including phenoxy) is 2. The van der Waals surface area contributed by atoms with Crippen LogP contribution in [0.25, 0.3) is 0 Å². The van der Waals surface area contributed by atoms with E-state index in [0.717, 1.165) is 6.42 Å². The van der Waals surface area contributed by atoms with Crippen molar-refractivity contribution in [1.82, 2.24) is 0 Å². The highest BCUT2D eigenvalue weighted by Crippen LogP contribution is 2.38. The topological polar surface area (TPSA) is 18.5 Å². The highest BCUT2D eigenvalue weighted by Gasteiger charge is 2.44. The van der Waals surface area contributed by atoms with Crippen molar-refractivity contribution in [3.8, 4) is 0 Å². The Morgan fingerprint density at radius 2 is 2.10 bits per heavy atom. The molecule has 2 atom stereocenters. The molecule has 10 heavy (non-hydrogen) atoms. The van der Waals surface area contributed by atoms with Crippen molar-refractivity contribution in [2.45, 2.75) is 51.1 Å². The zero-order chi connectivity index (χ0) is 7.19. The normalized spacial score (nSPS) is 43.8. The Balaban J connectivity index is 2.15. The van der Waals surface area contributed by atoms with E-state index in [2.05, 4.69) is 13.8 Å². The Kier molecular flexibility index (Phi) is 1.29. The summed E-state index contributed by atoms with van der Waals surface area (Å²) in [6.07, 6.45) is 3.97. The Hall–Kier alpha value is -0.0800. The summed E-state index contributed by atoms with van der Waals surface area (Å²) in [5.74, 6) is 0. The summed E-state index contributed by atoms with van der Waals surface area (Å²) in [6, 6.07) is 0. The SMILES string of the molecule is CC1(C)OC2CCCC1O2. The number of hydrogen-bond acceptors (Lipinski definition) is 2. The molecule has 0 amide bonds. The van der Waals surface area contributed by atoms with Gasteiger partial charge in [0.25, 0.3) is 0 Å². The molecule has 2 aliphatic heterocycles.